The van der Waals surface area contributed by atoms with Gasteiger partial charge in [0.1, 0.15) is 0 Å². The van der Waals surface area contributed by atoms with Crippen molar-refractivity contribution in [1.29, 1.82) is 0 Å². The third-order valence-electron chi connectivity index (χ3n) is 3.83. The summed E-state index contributed by atoms with van der Waals surface area (Å²) in [5, 5.41) is 0.786. The number of Topliss-reactive ketones (excluding diaryl/α,β-unsaturated/α-hetero) is 1. The Morgan fingerprint density at radius 2 is 1.86 bits per heavy atom. The Morgan fingerprint density at radius 3 is 2.52 bits per heavy atom. The largest absolute Gasteiger partial charge is 0.368 e. The van der Waals surface area contributed by atoms with Crippen LogP contribution in [-0.4, -0.2) is 48.4 Å². The maximum absolute atomic E-state index is 12.1. The molecule has 0 radical (unpaired) electrons. The molecule has 4 nitrogen and oxygen atoms in total. The molecule has 1 N–H and O–H groups in total. The molecular formula is C16H18ClN3O. The second-order valence-corrected chi connectivity index (χ2v) is 5.63. The van der Waals surface area contributed by atoms with Crippen LogP contribution in [0.15, 0.2) is 42.6 Å². The SMILES string of the molecule is O=C(CN1CCN(c2ccccc2Cl)CC1)c1ccc[nH]1. The predicted octanol–water partition coefficient (Wildman–Crippen LogP) is 2.67. The van der Waals surface area contributed by atoms with Gasteiger partial charge in [-0.25, -0.2) is 0 Å². The first kappa shape index (κ1) is 14.2. The fourth-order valence-corrected chi connectivity index (χ4v) is 2.90. The van der Waals surface area contributed by atoms with Crippen molar-refractivity contribution >= 4 is 23.1 Å². The second-order valence-electron chi connectivity index (χ2n) is 5.22. The number of aromatic nitrogens is 1. The lowest BCUT2D eigenvalue weighted by Gasteiger charge is -2.36. The molecule has 1 aliphatic heterocycles. The summed E-state index contributed by atoms with van der Waals surface area (Å²) in [5.41, 5.74) is 1.76. The molecule has 3 rings (SSSR count). The highest BCUT2D eigenvalue weighted by Crippen LogP contribution is 2.25. The average Bonchev–Trinajstić information content (AvgIpc) is 3.03. The molecule has 0 aliphatic carbocycles. The zero-order valence-corrected chi connectivity index (χ0v) is 12.5. The van der Waals surface area contributed by atoms with E-state index in [0.29, 0.717) is 12.2 Å². The summed E-state index contributed by atoms with van der Waals surface area (Å²) in [7, 11) is 0. The third-order valence-corrected chi connectivity index (χ3v) is 4.15. The highest BCUT2D eigenvalue weighted by Gasteiger charge is 2.21. The van der Waals surface area contributed by atoms with Crippen molar-refractivity contribution in [3.05, 3.63) is 53.3 Å². The van der Waals surface area contributed by atoms with E-state index < -0.39 is 0 Å². The number of rotatable bonds is 4. The summed E-state index contributed by atoms with van der Waals surface area (Å²) in [6.07, 6.45) is 1.78. The Labute approximate surface area is 129 Å². The van der Waals surface area contributed by atoms with E-state index in [1.54, 1.807) is 6.20 Å². The number of anilines is 1. The van der Waals surface area contributed by atoms with Crippen LogP contribution >= 0.6 is 11.6 Å². The van der Waals surface area contributed by atoms with Gasteiger partial charge < -0.3 is 9.88 Å². The molecule has 0 atom stereocenters. The molecule has 2 heterocycles. The van der Waals surface area contributed by atoms with Crippen molar-refractivity contribution < 1.29 is 4.79 Å². The van der Waals surface area contributed by atoms with E-state index in [1.807, 2.05) is 36.4 Å². The van der Waals surface area contributed by atoms with Gasteiger partial charge in [0.15, 0.2) is 5.78 Å². The number of carbonyl (C=O) groups is 1. The number of nitrogens with one attached hydrogen (secondary N) is 1. The lowest BCUT2D eigenvalue weighted by Crippen LogP contribution is -2.48. The fraction of sp³-hybridized carbons (Fsp3) is 0.312. The van der Waals surface area contributed by atoms with Crippen LogP contribution < -0.4 is 4.90 Å². The summed E-state index contributed by atoms with van der Waals surface area (Å²) < 4.78 is 0. The van der Waals surface area contributed by atoms with Crippen LogP contribution in [0.25, 0.3) is 0 Å². The van der Waals surface area contributed by atoms with Gasteiger partial charge >= 0.3 is 0 Å². The van der Waals surface area contributed by atoms with Gasteiger partial charge in [-0.3, -0.25) is 9.69 Å². The minimum Gasteiger partial charge on any atom is -0.368 e. The number of halogens is 1. The first-order valence-corrected chi connectivity index (χ1v) is 7.50. The Balaban J connectivity index is 1.56. The van der Waals surface area contributed by atoms with Gasteiger partial charge in [-0.05, 0) is 24.3 Å². The molecule has 1 fully saturated rings. The molecule has 0 bridgehead atoms. The van der Waals surface area contributed by atoms with Crippen LogP contribution in [0.4, 0.5) is 5.69 Å². The number of benzene rings is 1. The number of hydrogen-bond donors (Lipinski definition) is 1. The molecule has 110 valence electrons. The van der Waals surface area contributed by atoms with Crippen molar-refractivity contribution in [3.63, 3.8) is 0 Å². The van der Waals surface area contributed by atoms with Gasteiger partial charge in [-0.2, -0.15) is 0 Å². The smallest absolute Gasteiger partial charge is 0.192 e. The van der Waals surface area contributed by atoms with E-state index in [-0.39, 0.29) is 5.78 Å². The number of carbonyl (C=O) groups excluding carboxylic acids is 1. The van der Waals surface area contributed by atoms with E-state index in [1.165, 1.54) is 0 Å². The number of hydrogen-bond acceptors (Lipinski definition) is 3. The second kappa shape index (κ2) is 6.33. The van der Waals surface area contributed by atoms with Crippen molar-refractivity contribution in [1.82, 2.24) is 9.88 Å². The summed E-state index contributed by atoms with van der Waals surface area (Å²) in [4.78, 5) is 19.5. The molecule has 5 heteroatoms. The Morgan fingerprint density at radius 1 is 1.10 bits per heavy atom. The topological polar surface area (TPSA) is 39.3 Å². The minimum absolute atomic E-state index is 0.145. The van der Waals surface area contributed by atoms with E-state index >= 15 is 0 Å². The van der Waals surface area contributed by atoms with Crippen LogP contribution in [0.1, 0.15) is 10.5 Å². The number of H-pyrrole nitrogens is 1. The molecule has 0 unspecified atom stereocenters. The van der Waals surface area contributed by atoms with E-state index in [2.05, 4.69) is 14.8 Å². The molecular weight excluding hydrogens is 286 g/mol. The maximum atomic E-state index is 12.1. The summed E-state index contributed by atoms with van der Waals surface area (Å²) >= 11 is 6.23. The van der Waals surface area contributed by atoms with E-state index in [9.17, 15) is 4.79 Å². The molecule has 1 aromatic heterocycles. The van der Waals surface area contributed by atoms with Crippen LogP contribution in [0.5, 0.6) is 0 Å². The highest BCUT2D eigenvalue weighted by molar-refractivity contribution is 6.33. The maximum Gasteiger partial charge on any atom is 0.192 e. The number of piperazine rings is 1. The van der Waals surface area contributed by atoms with Gasteiger partial charge in [-0.1, -0.05) is 23.7 Å². The molecule has 0 amide bonds. The first-order chi connectivity index (χ1) is 10.2. The Bertz CT molecular complexity index is 604. The van der Waals surface area contributed by atoms with Crippen molar-refractivity contribution in [2.75, 3.05) is 37.6 Å². The molecule has 21 heavy (non-hydrogen) atoms. The highest BCUT2D eigenvalue weighted by atomic mass is 35.5. The summed E-state index contributed by atoms with van der Waals surface area (Å²) in [6, 6.07) is 11.6. The quantitative estimate of drug-likeness (QED) is 0.883. The lowest BCUT2D eigenvalue weighted by atomic mass is 10.2. The fourth-order valence-electron chi connectivity index (χ4n) is 2.65. The van der Waals surface area contributed by atoms with Gasteiger partial charge in [-0.15, -0.1) is 0 Å². The molecule has 1 aliphatic rings. The Hall–Kier alpha value is -1.78. The van der Waals surface area contributed by atoms with Crippen LogP contribution in [0.2, 0.25) is 5.02 Å². The number of nitrogens with zero attached hydrogens (tertiary/aromatic N) is 2. The van der Waals surface area contributed by atoms with Crippen LogP contribution in [-0.2, 0) is 0 Å². The van der Waals surface area contributed by atoms with E-state index in [0.717, 1.165) is 36.9 Å². The lowest BCUT2D eigenvalue weighted by molar-refractivity contribution is 0.0922. The minimum atomic E-state index is 0.145. The van der Waals surface area contributed by atoms with Crippen LogP contribution in [0, 0.1) is 0 Å². The summed E-state index contributed by atoms with van der Waals surface area (Å²) in [5.74, 6) is 0.145. The van der Waals surface area contributed by atoms with Gasteiger partial charge in [0.05, 0.1) is 22.9 Å². The van der Waals surface area contributed by atoms with Crippen molar-refractivity contribution in [3.8, 4) is 0 Å². The third kappa shape index (κ3) is 3.28. The van der Waals surface area contributed by atoms with Gasteiger partial charge in [0, 0.05) is 32.4 Å². The molecule has 2 aromatic rings. The van der Waals surface area contributed by atoms with E-state index in [4.69, 9.17) is 11.6 Å². The number of para-hydroxylation sites is 1. The predicted molar refractivity (Wildman–Crippen MR) is 85.2 cm³/mol. The zero-order valence-electron chi connectivity index (χ0n) is 11.8. The standard InChI is InChI=1S/C16H18ClN3O/c17-13-4-1-2-6-15(13)20-10-8-19(9-11-20)12-16(21)14-5-3-7-18-14/h1-7,18H,8-12H2. The average molecular weight is 304 g/mol. The Kier molecular flexibility index (Phi) is 4.27. The first-order valence-electron chi connectivity index (χ1n) is 7.12. The molecule has 1 saturated heterocycles. The molecule has 1 aromatic carbocycles. The number of aromatic amines is 1. The number of ketones is 1. The van der Waals surface area contributed by atoms with Crippen molar-refractivity contribution in [2.24, 2.45) is 0 Å². The normalized spacial score (nSPS) is 16.1. The van der Waals surface area contributed by atoms with Crippen molar-refractivity contribution in [2.45, 2.75) is 0 Å². The van der Waals surface area contributed by atoms with Gasteiger partial charge in [0.25, 0.3) is 0 Å². The summed E-state index contributed by atoms with van der Waals surface area (Å²) in [6.45, 7) is 4.00. The molecule has 0 saturated carbocycles. The molecule has 0 spiro atoms. The monoisotopic (exact) mass is 303 g/mol. The zero-order chi connectivity index (χ0) is 14.7. The van der Waals surface area contributed by atoms with Gasteiger partial charge in [0.2, 0.25) is 0 Å². The van der Waals surface area contributed by atoms with Crippen LogP contribution in [0.3, 0.4) is 0 Å².